The van der Waals surface area contributed by atoms with Gasteiger partial charge in [0.05, 0.1) is 23.8 Å². The molecule has 0 fully saturated rings. The van der Waals surface area contributed by atoms with E-state index >= 15 is 0 Å². The van der Waals surface area contributed by atoms with Gasteiger partial charge in [-0.05, 0) is 67.1 Å². The van der Waals surface area contributed by atoms with Crippen molar-refractivity contribution in [3.8, 4) is 5.75 Å². The second kappa shape index (κ2) is 9.28. The van der Waals surface area contributed by atoms with Gasteiger partial charge in [0.1, 0.15) is 11.6 Å². The fourth-order valence-electron chi connectivity index (χ4n) is 3.48. The molecular formula is C24H23ClFN3O. The molecule has 0 aliphatic rings. The van der Waals surface area contributed by atoms with Gasteiger partial charge < -0.3 is 15.4 Å². The van der Waals surface area contributed by atoms with E-state index in [2.05, 4.69) is 10.6 Å². The quantitative estimate of drug-likeness (QED) is 0.278. The zero-order valence-corrected chi connectivity index (χ0v) is 17.5. The standard InChI is InChI=1S/C24H23ClFN3O/c1-30-19-8-10-22-21(14-19)24(20-9-5-17(25)13-23(20)29-22)28-12-2-11-27-15-16-3-6-18(26)7-4-16/h3-10,13-14,27H,2,11-12,15H2,1H3,(H,28,29). The molecule has 1 heterocycles. The fourth-order valence-corrected chi connectivity index (χ4v) is 3.64. The molecular weight excluding hydrogens is 401 g/mol. The number of hydrogen-bond acceptors (Lipinski definition) is 4. The number of hydrogen-bond donors (Lipinski definition) is 2. The van der Waals surface area contributed by atoms with Crippen LogP contribution >= 0.6 is 11.6 Å². The molecule has 1 aromatic heterocycles. The van der Waals surface area contributed by atoms with Crippen LogP contribution in [0.15, 0.2) is 60.7 Å². The Hall–Kier alpha value is -2.89. The summed E-state index contributed by atoms with van der Waals surface area (Å²) in [6.45, 7) is 2.36. The minimum atomic E-state index is -0.210. The van der Waals surface area contributed by atoms with Crippen LogP contribution in [-0.4, -0.2) is 25.2 Å². The summed E-state index contributed by atoms with van der Waals surface area (Å²) in [6, 6.07) is 18.2. The molecule has 0 bridgehead atoms. The normalized spacial score (nSPS) is 11.2. The van der Waals surface area contributed by atoms with Crippen LogP contribution in [0.1, 0.15) is 12.0 Å². The number of nitrogens with one attached hydrogen (secondary N) is 2. The van der Waals surface area contributed by atoms with E-state index in [9.17, 15) is 4.39 Å². The maximum Gasteiger partial charge on any atom is 0.123 e. The second-order valence-corrected chi connectivity index (χ2v) is 7.55. The van der Waals surface area contributed by atoms with Gasteiger partial charge in [-0.1, -0.05) is 23.7 Å². The minimum Gasteiger partial charge on any atom is -0.497 e. The van der Waals surface area contributed by atoms with Crippen LogP contribution < -0.4 is 15.4 Å². The van der Waals surface area contributed by atoms with Crippen molar-refractivity contribution in [3.63, 3.8) is 0 Å². The predicted octanol–water partition coefficient (Wildman–Crippen LogP) is 5.78. The van der Waals surface area contributed by atoms with Crippen LogP contribution in [-0.2, 0) is 6.54 Å². The molecule has 2 N–H and O–H groups in total. The molecule has 6 heteroatoms. The molecule has 0 radical (unpaired) electrons. The van der Waals surface area contributed by atoms with Crippen molar-refractivity contribution in [1.82, 2.24) is 10.3 Å². The lowest BCUT2D eigenvalue weighted by atomic mass is 10.1. The Kier molecular flexibility index (Phi) is 6.31. The van der Waals surface area contributed by atoms with E-state index < -0.39 is 0 Å². The van der Waals surface area contributed by atoms with E-state index in [1.54, 1.807) is 19.2 Å². The maximum absolute atomic E-state index is 13.0. The lowest BCUT2D eigenvalue weighted by Gasteiger charge is -2.14. The molecule has 0 amide bonds. The van der Waals surface area contributed by atoms with Crippen molar-refractivity contribution < 1.29 is 9.13 Å². The number of ether oxygens (including phenoxy) is 1. The number of anilines is 1. The lowest BCUT2D eigenvalue weighted by Crippen LogP contribution is -2.17. The van der Waals surface area contributed by atoms with Crippen LogP contribution in [0.3, 0.4) is 0 Å². The Morgan fingerprint density at radius 2 is 1.77 bits per heavy atom. The van der Waals surface area contributed by atoms with Gasteiger partial charge in [-0.2, -0.15) is 0 Å². The number of aromatic nitrogens is 1. The van der Waals surface area contributed by atoms with Gasteiger partial charge in [-0.25, -0.2) is 9.37 Å². The molecule has 4 rings (SSSR count). The summed E-state index contributed by atoms with van der Waals surface area (Å²) in [4.78, 5) is 4.75. The second-order valence-electron chi connectivity index (χ2n) is 7.11. The largest absolute Gasteiger partial charge is 0.497 e. The zero-order valence-electron chi connectivity index (χ0n) is 16.7. The summed E-state index contributed by atoms with van der Waals surface area (Å²) in [5, 5.41) is 9.68. The molecule has 0 spiro atoms. The summed E-state index contributed by atoms with van der Waals surface area (Å²) < 4.78 is 18.4. The number of pyridine rings is 1. The van der Waals surface area contributed by atoms with Crippen molar-refractivity contribution in [1.29, 1.82) is 0 Å². The van der Waals surface area contributed by atoms with Crippen LogP contribution in [0.25, 0.3) is 21.8 Å². The first-order valence-electron chi connectivity index (χ1n) is 9.90. The summed E-state index contributed by atoms with van der Waals surface area (Å²) in [5.41, 5.74) is 3.85. The maximum atomic E-state index is 13.0. The van der Waals surface area contributed by atoms with E-state index in [4.69, 9.17) is 21.3 Å². The molecule has 154 valence electrons. The minimum absolute atomic E-state index is 0.210. The van der Waals surface area contributed by atoms with Crippen molar-refractivity contribution in [2.75, 3.05) is 25.5 Å². The Morgan fingerprint density at radius 3 is 2.57 bits per heavy atom. The number of methoxy groups -OCH3 is 1. The summed E-state index contributed by atoms with van der Waals surface area (Å²) in [7, 11) is 1.66. The zero-order chi connectivity index (χ0) is 20.9. The molecule has 0 unspecified atom stereocenters. The first-order valence-corrected chi connectivity index (χ1v) is 10.3. The Balaban J connectivity index is 1.46. The third kappa shape index (κ3) is 4.64. The van der Waals surface area contributed by atoms with Gasteiger partial charge in [-0.3, -0.25) is 0 Å². The summed E-state index contributed by atoms with van der Waals surface area (Å²) in [6.07, 6.45) is 0.935. The predicted molar refractivity (Wildman–Crippen MR) is 122 cm³/mol. The van der Waals surface area contributed by atoms with Crippen molar-refractivity contribution in [2.24, 2.45) is 0 Å². The molecule has 4 aromatic rings. The summed E-state index contributed by atoms with van der Waals surface area (Å²) in [5.74, 6) is 0.583. The Labute approximate surface area is 180 Å². The van der Waals surface area contributed by atoms with Crippen LogP contribution in [0, 0.1) is 5.82 Å². The molecule has 4 nitrogen and oxygen atoms in total. The molecule has 0 saturated heterocycles. The molecule has 30 heavy (non-hydrogen) atoms. The van der Waals surface area contributed by atoms with Crippen LogP contribution in [0.2, 0.25) is 5.02 Å². The number of fused-ring (bicyclic) bond motifs is 2. The van der Waals surface area contributed by atoms with E-state index in [1.807, 2.05) is 36.4 Å². The molecule has 0 aliphatic heterocycles. The van der Waals surface area contributed by atoms with E-state index in [0.717, 1.165) is 64.9 Å². The van der Waals surface area contributed by atoms with Gasteiger partial charge in [0.25, 0.3) is 0 Å². The smallest absolute Gasteiger partial charge is 0.123 e. The monoisotopic (exact) mass is 423 g/mol. The van der Waals surface area contributed by atoms with Crippen LogP contribution in [0.5, 0.6) is 5.75 Å². The highest BCUT2D eigenvalue weighted by Crippen LogP contribution is 2.34. The van der Waals surface area contributed by atoms with Crippen molar-refractivity contribution in [2.45, 2.75) is 13.0 Å². The van der Waals surface area contributed by atoms with Gasteiger partial charge >= 0.3 is 0 Å². The van der Waals surface area contributed by atoms with Gasteiger partial charge in [0, 0.05) is 28.9 Å². The molecule has 0 atom stereocenters. The average Bonchev–Trinajstić information content (AvgIpc) is 2.76. The number of benzene rings is 3. The first kappa shape index (κ1) is 20.4. The van der Waals surface area contributed by atoms with Crippen LogP contribution in [0.4, 0.5) is 10.1 Å². The average molecular weight is 424 g/mol. The third-order valence-electron chi connectivity index (χ3n) is 5.02. The Bertz CT molecular complexity index is 1160. The fraction of sp³-hybridized carbons (Fsp3) is 0.208. The summed E-state index contributed by atoms with van der Waals surface area (Å²) >= 11 is 6.18. The molecule has 0 saturated carbocycles. The molecule has 3 aromatic carbocycles. The van der Waals surface area contributed by atoms with E-state index in [0.29, 0.717) is 5.02 Å². The lowest BCUT2D eigenvalue weighted by molar-refractivity contribution is 0.415. The number of rotatable bonds is 8. The van der Waals surface area contributed by atoms with Gasteiger partial charge in [-0.15, -0.1) is 0 Å². The van der Waals surface area contributed by atoms with Gasteiger partial charge in [0.2, 0.25) is 0 Å². The first-order chi connectivity index (χ1) is 14.6. The van der Waals surface area contributed by atoms with E-state index in [1.165, 1.54) is 12.1 Å². The SMILES string of the molecule is COc1ccc2nc3cc(Cl)ccc3c(NCCCNCc3ccc(F)cc3)c2c1. The van der Waals surface area contributed by atoms with Crippen molar-refractivity contribution in [3.05, 3.63) is 77.1 Å². The topological polar surface area (TPSA) is 46.2 Å². The number of nitrogens with zero attached hydrogens (tertiary/aromatic N) is 1. The third-order valence-corrected chi connectivity index (χ3v) is 5.25. The highest BCUT2D eigenvalue weighted by atomic mass is 35.5. The highest BCUT2D eigenvalue weighted by Gasteiger charge is 2.10. The van der Waals surface area contributed by atoms with Gasteiger partial charge in [0.15, 0.2) is 0 Å². The highest BCUT2D eigenvalue weighted by molar-refractivity contribution is 6.31. The number of halogens is 2. The van der Waals surface area contributed by atoms with E-state index in [-0.39, 0.29) is 5.82 Å². The Morgan fingerprint density at radius 1 is 0.933 bits per heavy atom. The molecule has 0 aliphatic carbocycles. The van der Waals surface area contributed by atoms with Crippen molar-refractivity contribution >= 4 is 39.1 Å².